The van der Waals surface area contributed by atoms with Crippen molar-refractivity contribution in [3.05, 3.63) is 36.0 Å². The Balaban J connectivity index is 4.80. The summed E-state index contributed by atoms with van der Waals surface area (Å²) in [5.41, 5.74) is 2.30. The highest BCUT2D eigenvalue weighted by Crippen LogP contribution is 2.05. The van der Waals surface area contributed by atoms with Gasteiger partial charge in [0.15, 0.2) is 0 Å². The summed E-state index contributed by atoms with van der Waals surface area (Å²) >= 11 is 0. The van der Waals surface area contributed by atoms with E-state index >= 15 is 0 Å². The zero-order valence-electron chi connectivity index (χ0n) is 10.5. The normalized spacial score (nSPS) is 14.4. The van der Waals surface area contributed by atoms with E-state index in [2.05, 4.69) is 56.1 Å². The molecule has 15 heavy (non-hydrogen) atoms. The van der Waals surface area contributed by atoms with Gasteiger partial charge in [-0.25, -0.2) is 0 Å². The molecular formula is C14H23N. The van der Waals surface area contributed by atoms with Crippen LogP contribution in [-0.2, 0) is 0 Å². The Hall–Kier alpha value is -1.11. The summed E-state index contributed by atoms with van der Waals surface area (Å²) in [6.45, 7) is 6.43. The monoisotopic (exact) mass is 205 g/mol. The first-order chi connectivity index (χ1) is 7.29. The van der Waals surface area contributed by atoms with E-state index in [1.54, 1.807) is 0 Å². The summed E-state index contributed by atoms with van der Waals surface area (Å²) in [7, 11) is 1.85. The van der Waals surface area contributed by atoms with Crippen molar-refractivity contribution < 1.29 is 0 Å². The third-order valence-electron chi connectivity index (χ3n) is 2.01. The van der Waals surface area contributed by atoms with Gasteiger partial charge in [-0.1, -0.05) is 45.1 Å². The molecule has 0 aromatic carbocycles. The second-order valence-electron chi connectivity index (χ2n) is 3.30. The van der Waals surface area contributed by atoms with Gasteiger partial charge in [-0.3, -0.25) is 4.99 Å². The van der Waals surface area contributed by atoms with E-state index in [0.717, 1.165) is 25.0 Å². The van der Waals surface area contributed by atoms with Crippen molar-refractivity contribution in [1.29, 1.82) is 0 Å². The third kappa shape index (κ3) is 6.05. The first-order valence-corrected chi connectivity index (χ1v) is 5.80. The molecule has 0 aromatic heterocycles. The molecule has 0 bridgehead atoms. The van der Waals surface area contributed by atoms with Gasteiger partial charge >= 0.3 is 0 Å². The Labute approximate surface area is 94.3 Å². The molecule has 0 saturated carbocycles. The van der Waals surface area contributed by atoms with Crippen LogP contribution in [0.5, 0.6) is 0 Å². The van der Waals surface area contributed by atoms with Crippen LogP contribution < -0.4 is 0 Å². The second kappa shape index (κ2) is 9.45. The Bertz CT molecular complexity index is 267. The zero-order chi connectivity index (χ0) is 11.5. The number of aliphatic imine (C=N–C) groups is 1. The molecule has 1 nitrogen and oxygen atoms in total. The van der Waals surface area contributed by atoms with E-state index in [4.69, 9.17) is 0 Å². The van der Waals surface area contributed by atoms with Gasteiger partial charge in [0.05, 0.1) is 5.71 Å². The summed E-state index contributed by atoms with van der Waals surface area (Å²) in [6, 6.07) is 0. The molecule has 84 valence electrons. The number of hydrogen-bond donors (Lipinski definition) is 0. The highest BCUT2D eigenvalue weighted by molar-refractivity contribution is 6.10. The molecule has 0 unspecified atom stereocenters. The predicted octanol–water partition coefficient (Wildman–Crippen LogP) is 4.33. The molecule has 0 radical (unpaired) electrons. The van der Waals surface area contributed by atoms with Crippen LogP contribution in [0.15, 0.2) is 40.9 Å². The zero-order valence-corrected chi connectivity index (χ0v) is 10.5. The van der Waals surface area contributed by atoms with Crippen molar-refractivity contribution in [2.24, 2.45) is 4.99 Å². The number of allylic oxidation sites excluding steroid dienone is 6. The summed E-state index contributed by atoms with van der Waals surface area (Å²) < 4.78 is 0. The lowest BCUT2D eigenvalue weighted by atomic mass is 10.1. The molecule has 0 heterocycles. The van der Waals surface area contributed by atoms with Crippen LogP contribution in [0.25, 0.3) is 0 Å². The van der Waals surface area contributed by atoms with Gasteiger partial charge in [-0.15, -0.1) is 0 Å². The van der Waals surface area contributed by atoms with Gasteiger partial charge in [0.2, 0.25) is 0 Å². The van der Waals surface area contributed by atoms with Crippen LogP contribution in [0.3, 0.4) is 0 Å². The average molecular weight is 205 g/mol. The van der Waals surface area contributed by atoms with Crippen molar-refractivity contribution in [2.75, 3.05) is 7.05 Å². The maximum absolute atomic E-state index is 4.31. The van der Waals surface area contributed by atoms with E-state index in [0.29, 0.717) is 0 Å². The second-order valence-corrected chi connectivity index (χ2v) is 3.30. The minimum atomic E-state index is 1.04. The summed E-state index contributed by atoms with van der Waals surface area (Å²) in [6.07, 6.45) is 14.0. The van der Waals surface area contributed by atoms with Crippen LogP contribution in [0, 0.1) is 0 Å². The SMILES string of the molecule is CC\C=C/C(=N/C)C(/C=C\CC)=C/CC. The van der Waals surface area contributed by atoms with Crippen molar-refractivity contribution in [3.8, 4) is 0 Å². The largest absolute Gasteiger partial charge is 0.288 e. The fraction of sp³-hybridized carbons (Fsp3) is 0.500. The lowest BCUT2D eigenvalue weighted by Gasteiger charge is -2.01. The van der Waals surface area contributed by atoms with E-state index in [-0.39, 0.29) is 0 Å². The first kappa shape index (κ1) is 13.9. The smallest absolute Gasteiger partial charge is 0.0636 e. The Morgan fingerprint density at radius 2 is 1.53 bits per heavy atom. The van der Waals surface area contributed by atoms with Crippen molar-refractivity contribution in [3.63, 3.8) is 0 Å². The number of hydrogen-bond acceptors (Lipinski definition) is 1. The molecule has 0 atom stereocenters. The molecule has 1 heteroatoms. The minimum absolute atomic E-state index is 1.04. The number of rotatable bonds is 6. The molecule has 0 amide bonds. The molecular weight excluding hydrogens is 182 g/mol. The summed E-state index contributed by atoms with van der Waals surface area (Å²) in [5.74, 6) is 0. The lowest BCUT2D eigenvalue weighted by Crippen LogP contribution is -1.96. The Morgan fingerprint density at radius 1 is 0.933 bits per heavy atom. The van der Waals surface area contributed by atoms with Crippen LogP contribution in [0.2, 0.25) is 0 Å². The highest BCUT2D eigenvalue weighted by Gasteiger charge is 1.97. The van der Waals surface area contributed by atoms with Gasteiger partial charge in [-0.05, 0) is 30.9 Å². The fourth-order valence-corrected chi connectivity index (χ4v) is 1.25. The van der Waals surface area contributed by atoms with Crippen molar-refractivity contribution in [2.45, 2.75) is 40.0 Å². The van der Waals surface area contributed by atoms with Gasteiger partial charge in [0.25, 0.3) is 0 Å². The van der Waals surface area contributed by atoms with Gasteiger partial charge in [0, 0.05) is 7.05 Å². The Morgan fingerprint density at radius 3 is 2.00 bits per heavy atom. The van der Waals surface area contributed by atoms with Crippen molar-refractivity contribution in [1.82, 2.24) is 0 Å². The lowest BCUT2D eigenvalue weighted by molar-refractivity contribution is 1.20. The van der Waals surface area contributed by atoms with Crippen LogP contribution in [0.1, 0.15) is 40.0 Å². The molecule has 0 aromatic rings. The highest BCUT2D eigenvalue weighted by atomic mass is 14.7. The molecule has 0 saturated heterocycles. The average Bonchev–Trinajstić information content (AvgIpc) is 2.26. The quantitative estimate of drug-likeness (QED) is 0.452. The molecule has 0 rings (SSSR count). The van der Waals surface area contributed by atoms with E-state index in [1.165, 1.54) is 5.57 Å². The van der Waals surface area contributed by atoms with Gasteiger partial charge in [-0.2, -0.15) is 0 Å². The van der Waals surface area contributed by atoms with Crippen LogP contribution in [-0.4, -0.2) is 12.8 Å². The van der Waals surface area contributed by atoms with Gasteiger partial charge < -0.3 is 0 Å². The van der Waals surface area contributed by atoms with Crippen molar-refractivity contribution >= 4 is 5.71 Å². The third-order valence-corrected chi connectivity index (χ3v) is 2.01. The van der Waals surface area contributed by atoms with E-state index < -0.39 is 0 Å². The predicted molar refractivity (Wildman–Crippen MR) is 70.6 cm³/mol. The van der Waals surface area contributed by atoms with Gasteiger partial charge in [0.1, 0.15) is 0 Å². The molecule has 0 aliphatic rings. The summed E-state index contributed by atoms with van der Waals surface area (Å²) in [4.78, 5) is 4.31. The maximum Gasteiger partial charge on any atom is 0.0636 e. The molecule has 0 aliphatic carbocycles. The van der Waals surface area contributed by atoms with E-state index in [1.807, 2.05) is 7.05 Å². The molecule has 0 fully saturated rings. The number of nitrogens with zero attached hydrogens (tertiary/aromatic N) is 1. The topological polar surface area (TPSA) is 12.4 Å². The van der Waals surface area contributed by atoms with Crippen LogP contribution >= 0.6 is 0 Å². The molecule has 0 spiro atoms. The maximum atomic E-state index is 4.31. The van der Waals surface area contributed by atoms with E-state index in [9.17, 15) is 0 Å². The minimum Gasteiger partial charge on any atom is -0.288 e. The van der Waals surface area contributed by atoms with Crippen LogP contribution in [0.4, 0.5) is 0 Å². The Kier molecular flexibility index (Phi) is 8.75. The standard InChI is InChI=1S/C14H23N/c1-5-8-11-13(10-7-3)14(15-4)12-9-6-2/h8-12H,5-7H2,1-4H3/b11-8-,12-9-,13-10+,15-14-. The summed E-state index contributed by atoms with van der Waals surface area (Å²) in [5, 5.41) is 0. The molecule has 0 aliphatic heterocycles. The molecule has 0 N–H and O–H groups in total. The first-order valence-electron chi connectivity index (χ1n) is 5.80. The fourth-order valence-electron chi connectivity index (χ4n) is 1.25.